The van der Waals surface area contributed by atoms with Gasteiger partial charge in [-0.25, -0.2) is 0 Å². The molecule has 0 aliphatic carbocycles. The molecule has 0 spiro atoms. The Morgan fingerprint density at radius 2 is 2.14 bits per heavy atom. The molecule has 1 atom stereocenters. The lowest BCUT2D eigenvalue weighted by molar-refractivity contribution is -0.249. The molecule has 0 aromatic heterocycles. The minimum Gasteiger partial charge on any atom is -0.459 e. The maximum Gasteiger partial charge on any atom is 0.355 e. The third-order valence-electron chi connectivity index (χ3n) is 1.40. The van der Waals surface area contributed by atoms with Gasteiger partial charge in [0, 0.05) is 17.8 Å². The summed E-state index contributed by atoms with van der Waals surface area (Å²) in [5.74, 6) is -0.491. The Morgan fingerprint density at radius 1 is 1.57 bits per heavy atom. The van der Waals surface area contributed by atoms with E-state index >= 15 is 0 Å². The van der Waals surface area contributed by atoms with Gasteiger partial charge in [0.1, 0.15) is 6.10 Å². The van der Waals surface area contributed by atoms with Gasteiger partial charge >= 0.3 is 12.1 Å². The Hall–Kier alpha value is 0.0200. The third-order valence-corrected chi connectivity index (χ3v) is 2.38. The van der Waals surface area contributed by atoms with E-state index in [4.69, 9.17) is 4.74 Å². The van der Waals surface area contributed by atoms with Crippen molar-refractivity contribution in [2.45, 2.75) is 32.5 Å². The molecule has 0 aliphatic rings. The topological polar surface area (TPSA) is 35.5 Å². The maximum absolute atomic E-state index is 12.6. The molecule has 0 saturated heterocycles. The molecule has 0 aromatic rings. The summed E-state index contributed by atoms with van der Waals surface area (Å²) >= 11 is 1.94. The van der Waals surface area contributed by atoms with Crippen molar-refractivity contribution in [2.75, 3.05) is 11.0 Å². The summed E-state index contributed by atoms with van der Waals surface area (Å²) in [6, 6.07) is 0. The standard InChI is InChI=1S/C8H13F2IO3/c1-3-8(9,10)13-5-7(4-11)14-6(2)12/h7H,3-5H2,1-2H3. The van der Waals surface area contributed by atoms with Crippen LogP contribution in [0.4, 0.5) is 8.78 Å². The molecule has 0 aliphatic heterocycles. The first-order chi connectivity index (χ1) is 6.41. The number of esters is 1. The molecule has 0 bridgehead atoms. The number of alkyl halides is 3. The van der Waals surface area contributed by atoms with Crippen LogP contribution in [-0.4, -0.2) is 29.2 Å². The fourth-order valence-corrected chi connectivity index (χ4v) is 1.10. The van der Waals surface area contributed by atoms with Crippen molar-refractivity contribution in [3.63, 3.8) is 0 Å². The quantitative estimate of drug-likeness (QED) is 0.428. The highest BCUT2D eigenvalue weighted by Gasteiger charge is 2.28. The predicted molar refractivity (Wildman–Crippen MR) is 55.6 cm³/mol. The average Bonchev–Trinajstić information content (AvgIpc) is 2.12. The lowest BCUT2D eigenvalue weighted by atomic mass is 10.4. The molecule has 6 heteroatoms. The molecule has 0 saturated carbocycles. The van der Waals surface area contributed by atoms with E-state index in [1.807, 2.05) is 22.6 Å². The van der Waals surface area contributed by atoms with E-state index in [0.717, 1.165) is 0 Å². The van der Waals surface area contributed by atoms with Crippen molar-refractivity contribution < 1.29 is 23.0 Å². The molecular formula is C8H13F2IO3. The maximum atomic E-state index is 12.6. The number of halogens is 3. The summed E-state index contributed by atoms with van der Waals surface area (Å²) in [4.78, 5) is 10.5. The first kappa shape index (κ1) is 14.0. The molecule has 14 heavy (non-hydrogen) atoms. The van der Waals surface area contributed by atoms with E-state index < -0.39 is 18.2 Å². The number of carbonyl (C=O) groups is 1. The summed E-state index contributed by atoms with van der Waals surface area (Å²) in [5.41, 5.74) is 0. The largest absolute Gasteiger partial charge is 0.459 e. The van der Waals surface area contributed by atoms with Gasteiger partial charge in [0.15, 0.2) is 0 Å². The predicted octanol–water partition coefficient (Wildman–Crippen LogP) is 2.37. The minimum absolute atomic E-state index is 0.274. The van der Waals surface area contributed by atoms with Crippen LogP contribution in [0.25, 0.3) is 0 Å². The number of rotatable bonds is 6. The van der Waals surface area contributed by atoms with E-state index in [-0.39, 0.29) is 13.0 Å². The minimum atomic E-state index is -3.13. The van der Waals surface area contributed by atoms with Crippen molar-refractivity contribution >= 4 is 28.6 Å². The third kappa shape index (κ3) is 6.47. The van der Waals surface area contributed by atoms with Gasteiger partial charge in [-0.3, -0.25) is 4.79 Å². The van der Waals surface area contributed by atoms with Crippen molar-refractivity contribution in [2.24, 2.45) is 0 Å². The van der Waals surface area contributed by atoms with Gasteiger partial charge in [-0.2, -0.15) is 8.78 Å². The lowest BCUT2D eigenvalue weighted by Gasteiger charge is -2.19. The molecule has 0 amide bonds. The Morgan fingerprint density at radius 3 is 2.50 bits per heavy atom. The molecule has 0 aromatic carbocycles. The Kier molecular flexibility index (Phi) is 6.50. The summed E-state index contributed by atoms with van der Waals surface area (Å²) in [7, 11) is 0. The molecule has 0 radical (unpaired) electrons. The van der Waals surface area contributed by atoms with Gasteiger partial charge in [0.05, 0.1) is 6.61 Å². The van der Waals surface area contributed by atoms with Crippen molar-refractivity contribution in [3.8, 4) is 0 Å². The highest BCUT2D eigenvalue weighted by atomic mass is 127. The van der Waals surface area contributed by atoms with Gasteiger partial charge in [-0.15, -0.1) is 0 Å². The van der Waals surface area contributed by atoms with Crippen LogP contribution < -0.4 is 0 Å². The van der Waals surface area contributed by atoms with Gasteiger partial charge in [-0.1, -0.05) is 29.5 Å². The highest BCUT2D eigenvalue weighted by Crippen LogP contribution is 2.20. The highest BCUT2D eigenvalue weighted by molar-refractivity contribution is 14.1. The van der Waals surface area contributed by atoms with Gasteiger partial charge in [0.25, 0.3) is 0 Å². The summed E-state index contributed by atoms with van der Waals surface area (Å²) in [5, 5.41) is 0. The smallest absolute Gasteiger partial charge is 0.355 e. The SMILES string of the molecule is CCC(F)(F)OCC(CI)OC(C)=O. The van der Waals surface area contributed by atoms with Crippen LogP contribution in [-0.2, 0) is 14.3 Å². The fraction of sp³-hybridized carbons (Fsp3) is 0.875. The summed E-state index contributed by atoms with van der Waals surface area (Å²) in [6.45, 7) is 2.28. The van der Waals surface area contributed by atoms with Crippen molar-refractivity contribution in [1.29, 1.82) is 0 Å². The number of ether oxygens (including phenoxy) is 2. The first-order valence-electron chi connectivity index (χ1n) is 4.16. The summed E-state index contributed by atoms with van der Waals surface area (Å²) in [6.07, 6.45) is -4.13. The van der Waals surface area contributed by atoms with Crippen LogP contribution in [0.3, 0.4) is 0 Å². The molecule has 84 valence electrons. The Bertz CT molecular complexity index is 187. The Balaban J connectivity index is 3.89. The summed E-state index contributed by atoms with van der Waals surface area (Å²) < 4.78 is 34.7. The monoisotopic (exact) mass is 322 g/mol. The molecule has 3 nitrogen and oxygen atoms in total. The van der Waals surface area contributed by atoms with E-state index in [0.29, 0.717) is 4.43 Å². The number of carbonyl (C=O) groups excluding carboxylic acids is 1. The van der Waals surface area contributed by atoms with Crippen molar-refractivity contribution in [3.05, 3.63) is 0 Å². The zero-order chi connectivity index (χ0) is 11.2. The van der Waals surface area contributed by atoms with Crippen molar-refractivity contribution in [1.82, 2.24) is 0 Å². The van der Waals surface area contributed by atoms with Crippen LogP contribution >= 0.6 is 22.6 Å². The van der Waals surface area contributed by atoms with E-state index in [1.165, 1.54) is 13.8 Å². The normalized spacial score (nSPS) is 13.8. The fourth-order valence-electron chi connectivity index (χ4n) is 0.662. The average molecular weight is 322 g/mol. The number of hydrogen-bond donors (Lipinski definition) is 0. The van der Waals surface area contributed by atoms with E-state index in [1.54, 1.807) is 0 Å². The molecule has 0 fully saturated rings. The molecule has 1 unspecified atom stereocenters. The molecular weight excluding hydrogens is 309 g/mol. The second kappa shape index (κ2) is 6.49. The number of hydrogen-bond acceptors (Lipinski definition) is 3. The zero-order valence-corrected chi connectivity index (χ0v) is 10.2. The molecule has 0 N–H and O–H groups in total. The van der Waals surface area contributed by atoms with Crippen LogP contribution in [0.1, 0.15) is 20.3 Å². The second-order valence-electron chi connectivity index (χ2n) is 2.69. The van der Waals surface area contributed by atoms with E-state index in [2.05, 4.69) is 4.74 Å². The van der Waals surface area contributed by atoms with Crippen LogP contribution in [0.2, 0.25) is 0 Å². The van der Waals surface area contributed by atoms with Crippen LogP contribution in [0.5, 0.6) is 0 Å². The molecule has 0 heterocycles. The van der Waals surface area contributed by atoms with E-state index in [9.17, 15) is 13.6 Å². The van der Waals surface area contributed by atoms with Gasteiger partial charge in [0.2, 0.25) is 0 Å². The lowest BCUT2D eigenvalue weighted by Crippen LogP contribution is -2.30. The van der Waals surface area contributed by atoms with Gasteiger partial charge < -0.3 is 9.47 Å². The van der Waals surface area contributed by atoms with Crippen LogP contribution in [0, 0.1) is 0 Å². The Labute approximate surface area is 95.3 Å². The molecule has 0 rings (SSSR count). The zero-order valence-electron chi connectivity index (χ0n) is 8.06. The van der Waals surface area contributed by atoms with Gasteiger partial charge in [-0.05, 0) is 0 Å². The second-order valence-corrected chi connectivity index (χ2v) is 3.57. The van der Waals surface area contributed by atoms with Crippen LogP contribution in [0.15, 0.2) is 0 Å². The first-order valence-corrected chi connectivity index (χ1v) is 5.68.